The molecule has 4 aliphatic rings. The van der Waals surface area contributed by atoms with Gasteiger partial charge in [0.25, 0.3) is 0 Å². The van der Waals surface area contributed by atoms with Gasteiger partial charge < -0.3 is 24.4 Å². The highest BCUT2D eigenvalue weighted by molar-refractivity contribution is 5.81. The van der Waals surface area contributed by atoms with Crippen LogP contribution in [-0.2, 0) is 32.2 Å². The van der Waals surface area contributed by atoms with Gasteiger partial charge in [-0.15, -0.1) is 0 Å². The molecule has 0 unspecified atom stereocenters. The third-order valence-corrected chi connectivity index (χ3v) is 16.3. The predicted molar refractivity (Wildman–Crippen MR) is 277 cm³/mol. The number of aliphatic hydroxyl groups excluding tert-OH is 1. The van der Waals surface area contributed by atoms with Crippen LogP contribution in [0.3, 0.4) is 0 Å². The summed E-state index contributed by atoms with van der Waals surface area (Å²) in [6.45, 7) is 23.9. The van der Waals surface area contributed by atoms with Gasteiger partial charge in [-0.25, -0.2) is 0 Å². The number of benzene rings is 2. The van der Waals surface area contributed by atoms with E-state index in [-0.39, 0.29) is 35.6 Å². The van der Waals surface area contributed by atoms with Crippen LogP contribution in [0.1, 0.15) is 157 Å². The monoisotopic (exact) mass is 951 g/mol. The van der Waals surface area contributed by atoms with Crippen LogP contribution < -0.4 is 4.74 Å². The Morgan fingerprint density at radius 2 is 1.01 bits per heavy atom. The highest BCUT2D eigenvalue weighted by Crippen LogP contribution is 2.42. The number of esters is 2. The molecule has 4 aromatic rings. The maximum Gasteiger partial charge on any atom is 0.309 e. The summed E-state index contributed by atoms with van der Waals surface area (Å²) in [7, 11) is 0. The molecular weight excluding hydrogens is 865 g/mol. The molecule has 2 aliphatic carbocycles. The molecule has 4 fully saturated rings. The molecule has 2 aromatic carbocycles. The number of aromatic nitrogens is 2. The fourth-order valence-electron chi connectivity index (χ4n) is 10.8. The van der Waals surface area contributed by atoms with Crippen LogP contribution in [-0.4, -0.2) is 93.5 Å². The smallest absolute Gasteiger partial charge is 0.309 e. The van der Waals surface area contributed by atoms with Crippen LogP contribution in [0.15, 0.2) is 60.7 Å². The summed E-state index contributed by atoms with van der Waals surface area (Å²) in [5.74, 6) is 2.86. The van der Waals surface area contributed by atoms with E-state index in [1.807, 2.05) is 32.0 Å². The Labute approximate surface area is 414 Å². The largest absolute Gasteiger partial charge is 0.508 e. The van der Waals surface area contributed by atoms with E-state index in [2.05, 4.69) is 86.7 Å². The van der Waals surface area contributed by atoms with Gasteiger partial charge in [-0.3, -0.25) is 29.4 Å². The lowest BCUT2D eigenvalue weighted by atomic mass is 9.69. The van der Waals surface area contributed by atoms with Gasteiger partial charge in [-0.05, 0) is 188 Å². The van der Waals surface area contributed by atoms with E-state index in [0.717, 1.165) is 141 Å². The highest BCUT2D eigenvalue weighted by atomic mass is 16.5. The minimum Gasteiger partial charge on any atom is -0.508 e. The van der Waals surface area contributed by atoms with Gasteiger partial charge in [0.05, 0.1) is 59.7 Å². The molecule has 0 amide bonds. The lowest BCUT2D eigenvalue weighted by molar-refractivity contribution is -0.150. The topological polar surface area (TPSA) is 135 Å². The Bertz CT molecular complexity index is 2210. The molecule has 0 spiro atoms. The average molecular weight is 951 g/mol. The van der Waals surface area contributed by atoms with E-state index in [1.165, 1.54) is 38.5 Å². The van der Waals surface area contributed by atoms with Gasteiger partial charge in [-0.1, -0.05) is 66.5 Å². The quantitative estimate of drug-likeness (QED) is 0.117. The number of hydrogen-bond acceptors (Lipinski definition) is 11. The van der Waals surface area contributed by atoms with Crippen molar-refractivity contribution < 1.29 is 34.0 Å². The van der Waals surface area contributed by atoms with Crippen LogP contribution in [0.25, 0.3) is 21.8 Å². The zero-order valence-corrected chi connectivity index (χ0v) is 43.5. The summed E-state index contributed by atoms with van der Waals surface area (Å²) < 4.78 is 16.7. The minimum atomic E-state index is -0.0595. The SMILES string of the molecule is CCC(C)(C)C1CCC(O)CC1.CCOC(=O)C1CCN(Cc2ccc3cc(O)ccc3n2)CC1.CCOC(=O)C1CCN(Cc2ccc3cc(OC4CCC(C(C)(C)CC)CC4)ccc3n2)CC1. The van der Waals surface area contributed by atoms with Gasteiger partial charge in [0.15, 0.2) is 0 Å². The maximum absolute atomic E-state index is 12.0. The summed E-state index contributed by atoms with van der Waals surface area (Å²) >= 11 is 0. The third kappa shape index (κ3) is 15.8. The number of aliphatic hydroxyl groups is 1. The number of hydrogen-bond donors (Lipinski definition) is 2. The summed E-state index contributed by atoms with van der Waals surface area (Å²) in [5.41, 5.74) is 4.92. The molecule has 2 aliphatic heterocycles. The van der Waals surface area contributed by atoms with Crippen LogP contribution in [0.2, 0.25) is 0 Å². The van der Waals surface area contributed by atoms with E-state index in [0.29, 0.717) is 30.1 Å². The molecule has 0 bridgehead atoms. The second-order valence-electron chi connectivity index (χ2n) is 21.7. The molecular formula is C58H86N4O7. The molecule has 2 N–H and O–H groups in total. The second-order valence-corrected chi connectivity index (χ2v) is 21.7. The molecule has 2 saturated heterocycles. The van der Waals surface area contributed by atoms with Crippen LogP contribution in [0.5, 0.6) is 11.5 Å². The zero-order chi connectivity index (χ0) is 49.6. The number of carbonyl (C=O) groups excluding carboxylic acids is 2. The summed E-state index contributed by atoms with van der Waals surface area (Å²) in [5, 5.41) is 20.9. The zero-order valence-electron chi connectivity index (χ0n) is 43.5. The molecule has 8 rings (SSSR count). The van der Waals surface area contributed by atoms with Gasteiger partial charge >= 0.3 is 11.9 Å². The number of fused-ring (bicyclic) bond motifs is 2. The lowest BCUT2D eigenvalue weighted by Crippen LogP contribution is -2.36. The van der Waals surface area contributed by atoms with Crippen LogP contribution >= 0.6 is 0 Å². The first-order chi connectivity index (χ1) is 33.1. The molecule has 2 saturated carbocycles. The number of nitrogens with zero attached hydrogens (tertiary/aromatic N) is 4. The molecule has 11 nitrogen and oxygen atoms in total. The Hall–Kier alpha value is -4.32. The molecule has 0 atom stereocenters. The van der Waals surface area contributed by atoms with E-state index in [1.54, 1.807) is 12.1 Å². The number of pyridine rings is 2. The predicted octanol–water partition coefficient (Wildman–Crippen LogP) is 12.1. The average Bonchev–Trinajstić information content (AvgIpc) is 3.35. The fourth-order valence-corrected chi connectivity index (χ4v) is 10.8. The van der Waals surface area contributed by atoms with E-state index in [4.69, 9.17) is 19.2 Å². The summed E-state index contributed by atoms with van der Waals surface area (Å²) in [6.07, 6.45) is 15.6. The Morgan fingerprint density at radius 3 is 1.46 bits per heavy atom. The first-order valence-corrected chi connectivity index (χ1v) is 26.7. The van der Waals surface area contributed by atoms with E-state index < -0.39 is 0 Å². The van der Waals surface area contributed by atoms with Crippen molar-refractivity contribution in [1.29, 1.82) is 0 Å². The standard InChI is InChI=1S/C29H42N2O3.C18H22N2O3.C11H22O/c1-5-29(3,4)23-8-11-25(12-9-23)34-26-13-14-27-22(19-26)7-10-24(30-27)20-31-17-15-21(16-18-31)28(32)33-6-2;1-2-23-18(22)13-7-9-20(10-8-13)12-15-4-3-14-11-16(21)5-6-17(14)19-15;1-4-11(2,3)9-5-7-10(12)8-6-9/h7,10,13-14,19,21,23,25H,5-6,8-9,11-12,15-18,20H2,1-4H3;3-6,11,13,21H,2,7-10,12H2,1H3;9-10,12H,4-8H2,1-3H3. The number of phenols is 1. The Morgan fingerprint density at radius 1 is 0.580 bits per heavy atom. The molecule has 11 heteroatoms. The third-order valence-electron chi connectivity index (χ3n) is 16.3. The van der Waals surface area contributed by atoms with Gasteiger partial charge in [0.2, 0.25) is 0 Å². The maximum atomic E-state index is 12.0. The van der Waals surface area contributed by atoms with Crippen molar-refractivity contribution >= 4 is 33.7 Å². The van der Waals surface area contributed by atoms with Gasteiger partial charge in [-0.2, -0.15) is 0 Å². The number of carbonyl (C=O) groups is 2. The number of phenolic OH excluding ortho intramolecular Hbond substituents is 1. The molecule has 2 aromatic heterocycles. The first kappa shape index (κ1) is 54.0. The number of ether oxygens (including phenoxy) is 3. The minimum absolute atomic E-state index is 0.00564. The van der Waals surface area contributed by atoms with Crippen molar-refractivity contribution in [1.82, 2.24) is 19.8 Å². The fraction of sp³-hybridized carbons (Fsp3) is 0.655. The lowest BCUT2D eigenvalue weighted by Gasteiger charge is -2.38. The normalized spacial score (nSPS) is 22.2. The van der Waals surface area contributed by atoms with Crippen molar-refractivity contribution in [2.75, 3.05) is 39.4 Å². The summed E-state index contributed by atoms with van der Waals surface area (Å²) in [4.78, 5) is 38.0. The van der Waals surface area contributed by atoms with Crippen molar-refractivity contribution in [3.63, 3.8) is 0 Å². The summed E-state index contributed by atoms with van der Waals surface area (Å²) in [6, 6.07) is 19.8. The molecule has 4 heterocycles. The van der Waals surface area contributed by atoms with E-state index in [9.17, 15) is 19.8 Å². The van der Waals surface area contributed by atoms with Crippen LogP contribution in [0.4, 0.5) is 0 Å². The molecule has 69 heavy (non-hydrogen) atoms. The first-order valence-electron chi connectivity index (χ1n) is 26.7. The Kier molecular flexibility index (Phi) is 20.1. The molecule has 0 radical (unpaired) electrons. The number of rotatable bonds is 14. The van der Waals surface area contributed by atoms with Crippen LogP contribution in [0, 0.1) is 34.5 Å². The van der Waals surface area contributed by atoms with Crippen molar-refractivity contribution in [2.45, 2.75) is 171 Å². The number of aromatic hydroxyl groups is 1. The Balaban J connectivity index is 0.000000191. The van der Waals surface area contributed by atoms with Gasteiger partial charge in [0, 0.05) is 23.9 Å². The number of piperidine rings is 2. The number of likely N-dealkylation sites (tertiary alicyclic amines) is 2. The second kappa shape index (κ2) is 25.7. The van der Waals surface area contributed by atoms with E-state index >= 15 is 0 Å². The van der Waals surface area contributed by atoms with Crippen molar-refractivity contribution in [2.24, 2.45) is 34.5 Å². The molecule has 380 valence electrons. The van der Waals surface area contributed by atoms with Crippen molar-refractivity contribution in [3.05, 3.63) is 72.1 Å². The van der Waals surface area contributed by atoms with Crippen molar-refractivity contribution in [3.8, 4) is 11.5 Å². The van der Waals surface area contributed by atoms with Gasteiger partial charge in [0.1, 0.15) is 11.5 Å². The highest BCUT2D eigenvalue weighted by Gasteiger charge is 2.33.